The number of hydrogen-bond donors (Lipinski definition) is 0. The van der Waals surface area contributed by atoms with Crippen LogP contribution in [0.3, 0.4) is 0 Å². The molecule has 0 aliphatic heterocycles. The summed E-state index contributed by atoms with van der Waals surface area (Å²) < 4.78 is 22.7. The van der Waals surface area contributed by atoms with Crippen LogP contribution in [0.5, 0.6) is 17.2 Å². The van der Waals surface area contributed by atoms with Crippen LogP contribution in [0.1, 0.15) is 0 Å². The van der Waals surface area contributed by atoms with Crippen LogP contribution in [-0.4, -0.2) is 31.3 Å². The molecule has 0 N–H and O–H groups in total. The molecule has 3 aromatic heterocycles. The van der Waals surface area contributed by atoms with Crippen molar-refractivity contribution in [1.29, 1.82) is 0 Å². The highest BCUT2D eigenvalue weighted by molar-refractivity contribution is 6.02. The first kappa shape index (κ1) is 18.9. The maximum atomic E-state index is 6.33. The van der Waals surface area contributed by atoms with Crippen LogP contribution in [0.4, 0.5) is 0 Å². The van der Waals surface area contributed by atoms with E-state index in [1.165, 1.54) is 0 Å². The van der Waals surface area contributed by atoms with Crippen LogP contribution in [0.2, 0.25) is 0 Å². The third-order valence-electron chi connectivity index (χ3n) is 5.30. The zero-order chi connectivity index (χ0) is 21.4. The molecule has 3 heterocycles. The van der Waals surface area contributed by atoms with Gasteiger partial charge in [0.25, 0.3) is 0 Å². The second-order valence-corrected chi connectivity index (χ2v) is 6.97. The van der Waals surface area contributed by atoms with E-state index in [2.05, 4.69) is 22.1 Å². The second-order valence-electron chi connectivity index (χ2n) is 6.97. The number of nitrogens with zero attached hydrogens (tertiary/aromatic N) is 2. The van der Waals surface area contributed by atoms with Crippen molar-refractivity contribution >= 4 is 22.0 Å². The molecule has 0 saturated heterocycles. The first-order chi connectivity index (χ1) is 15.2. The van der Waals surface area contributed by atoms with Gasteiger partial charge in [0.15, 0.2) is 17.1 Å². The van der Waals surface area contributed by atoms with Gasteiger partial charge in [-0.3, -0.25) is 9.97 Å². The lowest BCUT2D eigenvalue weighted by atomic mass is 10.0. The van der Waals surface area contributed by atoms with Crippen molar-refractivity contribution in [1.82, 2.24) is 9.97 Å². The maximum Gasteiger partial charge on any atom is 0.203 e. The van der Waals surface area contributed by atoms with Crippen LogP contribution in [-0.2, 0) is 0 Å². The number of pyridine rings is 2. The lowest BCUT2D eigenvalue weighted by molar-refractivity contribution is 0.324. The molecule has 0 aliphatic rings. The summed E-state index contributed by atoms with van der Waals surface area (Å²) in [7, 11) is 4.76. The summed E-state index contributed by atoms with van der Waals surface area (Å²) in [6.07, 6.45) is 3.59. The maximum absolute atomic E-state index is 6.33. The van der Waals surface area contributed by atoms with Crippen molar-refractivity contribution in [3.8, 4) is 39.7 Å². The molecule has 6 heteroatoms. The Bertz CT molecular complexity index is 1380. The molecule has 0 spiro atoms. The Kier molecular flexibility index (Phi) is 4.67. The lowest BCUT2D eigenvalue weighted by Crippen LogP contribution is -1.95. The minimum Gasteiger partial charge on any atom is -0.493 e. The predicted molar refractivity (Wildman–Crippen MR) is 120 cm³/mol. The van der Waals surface area contributed by atoms with Crippen LogP contribution in [0, 0.1) is 0 Å². The fraction of sp³-hybridized carbons (Fsp3) is 0.120. The first-order valence-electron chi connectivity index (χ1n) is 9.76. The van der Waals surface area contributed by atoms with Crippen LogP contribution in [0.25, 0.3) is 44.5 Å². The molecule has 5 rings (SSSR count). The van der Waals surface area contributed by atoms with Crippen molar-refractivity contribution in [3.05, 3.63) is 67.0 Å². The fourth-order valence-electron chi connectivity index (χ4n) is 3.85. The van der Waals surface area contributed by atoms with Gasteiger partial charge in [0, 0.05) is 35.0 Å². The highest BCUT2D eigenvalue weighted by Crippen LogP contribution is 2.43. The molecule has 0 aliphatic carbocycles. The molecule has 0 saturated carbocycles. The molecule has 0 fully saturated rings. The van der Waals surface area contributed by atoms with E-state index in [9.17, 15) is 0 Å². The Morgan fingerprint density at radius 2 is 1.48 bits per heavy atom. The molecule has 2 aromatic carbocycles. The Hall–Kier alpha value is -4.06. The monoisotopic (exact) mass is 412 g/mol. The predicted octanol–water partition coefficient (Wildman–Crippen LogP) is 5.74. The quantitative estimate of drug-likeness (QED) is 0.367. The van der Waals surface area contributed by atoms with Crippen molar-refractivity contribution in [2.24, 2.45) is 0 Å². The normalized spacial score (nSPS) is 11.1. The molecule has 0 unspecified atom stereocenters. The standard InChI is InChI=1S/C25H20N2O4/c1-28-22-12-15(13-23(29-2)25(22)30-3)21-14-20-24(31-21)18(9-11-27-20)16-6-4-8-19-17(16)7-5-10-26-19/h4-14H,1-3H3. The van der Waals surface area contributed by atoms with E-state index in [1.54, 1.807) is 33.7 Å². The minimum atomic E-state index is 0.534. The van der Waals surface area contributed by atoms with Gasteiger partial charge >= 0.3 is 0 Å². The second kappa shape index (κ2) is 7.65. The van der Waals surface area contributed by atoms with E-state index >= 15 is 0 Å². The number of methoxy groups -OCH3 is 3. The van der Waals surface area contributed by atoms with E-state index in [0.29, 0.717) is 28.6 Å². The summed E-state index contributed by atoms with van der Waals surface area (Å²) in [6, 6.07) is 17.7. The Morgan fingerprint density at radius 3 is 2.23 bits per heavy atom. The Labute approximate surface area is 179 Å². The van der Waals surface area contributed by atoms with Gasteiger partial charge in [-0.25, -0.2) is 0 Å². The van der Waals surface area contributed by atoms with Gasteiger partial charge in [-0.1, -0.05) is 18.2 Å². The Balaban J connectivity index is 1.71. The number of furan rings is 1. The topological polar surface area (TPSA) is 66.6 Å². The number of ether oxygens (including phenoxy) is 3. The van der Waals surface area contributed by atoms with Crippen LogP contribution in [0.15, 0.2) is 71.4 Å². The van der Waals surface area contributed by atoms with E-state index in [0.717, 1.165) is 33.1 Å². The lowest BCUT2D eigenvalue weighted by Gasteiger charge is -2.13. The third kappa shape index (κ3) is 3.13. The van der Waals surface area contributed by atoms with E-state index in [1.807, 2.05) is 42.5 Å². The SMILES string of the molecule is COc1cc(-c2cc3nccc(-c4cccc5ncccc45)c3o2)cc(OC)c1OC. The number of fused-ring (bicyclic) bond motifs is 2. The summed E-state index contributed by atoms with van der Waals surface area (Å²) in [6.45, 7) is 0. The molecule has 5 aromatic rings. The molecule has 0 radical (unpaired) electrons. The smallest absolute Gasteiger partial charge is 0.203 e. The molecule has 0 amide bonds. The molecular formula is C25H20N2O4. The molecule has 0 atom stereocenters. The van der Waals surface area contributed by atoms with E-state index in [4.69, 9.17) is 18.6 Å². The van der Waals surface area contributed by atoms with Gasteiger partial charge in [-0.2, -0.15) is 0 Å². The van der Waals surface area contributed by atoms with Gasteiger partial charge in [-0.05, 0) is 35.9 Å². The largest absolute Gasteiger partial charge is 0.493 e. The first-order valence-corrected chi connectivity index (χ1v) is 9.76. The highest BCUT2D eigenvalue weighted by Gasteiger charge is 2.18. The highest BCUT2D eigenvalue weighted by atomic mass is 16.5. The van der Waals surface area contributed by atoms with E-state index in [-0.39, 0.29) is 0 Å². The molecule has 0 bridgehead atoms. The van der Waals surface area contributed by atoms with Crippen LogP contribution >= 0.6 is 0 Å². The van der Waals surface area contributed by atoms with E-state index < -0.39 is 0 Å². The van der Waals surface area contributed by atoms with Gasteiger partial charge < -0.3 is 18.6 Å². The van der Waals surface area contributed by atoms with Crippen molar-refractivity contribution in [3.63, 3.8) is 0 Å². The van der Waals surface area contributed by atoms with Gasteiger partial charge in [0.1, 0.15) is 11.3 Å². The molecule has 6 nitrogen and oxygen atoms in total. The Morgan fingerprint density at radius 1 is 0.710 bits per heavy atom. The van der Waals surface area contributed by atoms with Crippen LogP contribution < -0.4 is 14.2 Å². The summed E-state index contributed by atoms with van der Waals surface area (Å²) in [4.78, 5) is 8.98. The average molecular weight is 412 g/mol. The molecule has 31 heavy (non-hydrogen) atoms. The fourth-order valence-corrected chi connectivity index (χ4v) is 3.85. The molecule has 154 valence electrons. The zero-order valence-corrected chi connectivity index (χ0v) is 17.4. The summed E-state index contributed by atoms with van der Waals surface area (Å²) >= 11 is 0. The molecular weight excluding hydrogens is 392 g/mol. The van der Waals surface area contributed by atoms with Gasteiger partial charge in [0.2, 0.25) is 5.75 Å². The number of aromatic nitrogens is 2. The van der Waals surface area contributed by atoms with Gasteiger partial charge in [-0.15, -0.1) is 0 Å². The number of rotatable bonds is 5. The minimum absolute atomic E-state index is 0.534. The zero-order valence-electron chi connectivity index (χ0n) is 17.4. The van der Waals surface area contributed by atoms with Gasteiger partial charge in [0.05, 0.1) is 26.8 Å². The van der Waals surface area contributed by atoms with Crippen molar-refractivity contribution in [2.75, 3.05) is 21.3 Å². The summed E-state index contributed by atoms with van der Waals surface area (Å²) in [5.41, 5.74) is 5.22. The number of benzene rings is 2. The van der Waals surface area contributed by atoms with Crippen molar-refractivity contribution < 1.29 is 18.6 Å². The van der Waals surface area contributed by atoms with Crippen molar-refractivity contribution in [2.45, 2.75) is 0 Å². The number of hydrogen-bond acceptors (Lipinski definition) is 6. The summed E-state index contributed by atoms with van der Waals surface area (Å²) in [5.74, 6) is 2.32. The third-order valence-corrected chi connectivity index (χ3v) is 5.30. The summed E-state index contributed by atoms with van der Waals surface area (Å²) in [5, 5.41) is 1.06. The average Bonchev–Trinajstić information content (AvgIpc) is 3.27.